The van der Waals surface area contributed by atoms with E-state index in [0.717, 1.165) is 13.0 Å². The molecule has 1 aromatic rings. The molecule has 0 aliphatic carbocycles. The minimum atomic E-state index is -0.338. The molecule has 0 radical (unpaired) electrons. The summed E-state index contributed by atoms with van der Waals surface area (Å²) < 4.78 is 10.5. The van der Waals surface area contributed by atoms with Gasteiger partial charge in [-0.25, -0.2) is 4.79 Å². The van der Waals surface area contributed by atoms with E-state index in [1.165, 1.54) is 19.3 Å². The van der Waals surface area contributed by atoms with Crippen LogP contribution in [-0.2, 0) is 9.47 Å². The Morgan fingerprint density at radius 3 is 2.47 bits per heavy atom. The molecule has 0 atom stereocenters. The number of rotatable bonds is 9. The summed E-state index contributed by atoms with van der Waals surface area (Å²) in [6, 6.07) is 6.67. The van der Waals surface area contributed by atoms with Crippen LogP contribution in [0.1, 0.15) is 43.0 Å². The summed E-state index contributed by atoms with van der Waals surface area (Å²) in [6.45, 7) is 3.65. The molecule has 0 amide bonds. The number of nitrogen functional groups attached to an aromatic ring is 1. The Kier molecular flexibility index (Phi) is 7.66. The fourth-order valence-corrected chi connectivity index (χ4v) is 1.63. The molecule has 0 aliphatic rings. The van der Waals surface area contributed by atoms with Crippen molar-refractivity contribution >= 4 is 11.7 Å². The predicted octanol–water partition coefficient (Wildman–Crippen LogP) is 3.02. The third-order valence-electron chi connectivity index (χ3n) is 2.75. The van der Waals surface area contributed by atoms with Gasteiger partial charge in [0.25, 0.3) is 0 Å². The molecule has 2 N–H and O–H groups in total. The molecule has 0 saturated heterocycles. The zero-order chi connectivity index (χ0) is 13.9. The lowest BCUT2D eigenvalue weighted by Gasteiger charge is -2.06. The van der Waals surface area contributed by atoms with E-state index in [1.54, 1.807) is 24.3 Å². The third-order valence-corrected chi connectivity index (χ3v) is 2.75. The lowest BCUT2D eigenvalue weighted by molar-refractivity contribution is 0.0312. The van der Waals surface area contributed by atoms with Gasteiger partial charge >= 0.3 is 5.97 Å². The van der Waals surface area contributed by atoms with Crippen LogP contribution in [-0.4, -0.2) is 25.8 Å². The maximum absolute atomic E-state index is 11.6. The fraction of sp³-hybridized carbons (Fsp3) is 0.533. The average molecular weight is 265 g/mol. The molecule has 19 heavy (non-hydrogen) atoms. The van der Waals surface area contributed by atoms with Crippen LogP contribution < -0.4 is 5.73 Å². The summed E-state index contributed by atoms with van der Waals surface area (Å²) in [5, 5.41) is 0. The first-order valence-electron chi connectivity index (χ1n) is 6.84. The Morgan fingerprint density at radius 1 is 1.05 bits per heavy atom. The highest BCUT2D eigenvalue weighted by Gasteiger charge is 2.05. The van der Waals surface area contributed by atoms with Crippen LogP contribution in [0.2, 0.25) is 0 Å². The molecular formula is C15H23NO3. The number of nitrogens with two attached hydrogens (primary N) is 1. The molecule has 0 unspecified atom stereocenters. The molecule has 1 rings (SSSR count). The van der Waals surface area contributed by atoms with Crippen molar-refractivity contribution in [2.75, 3.05) is 25.6 Å². The lowest BCUT2D eigenvalue weighted by atomic mass is 10.2. The summed E-state index contributed by atoms with van der Waals surface area (Å²) in [7, 11) is 0. The van der Waals surface area contributed by atoms with Crippen molar-refractivity contribution in [3.63, 3.8) is 0 Å². The molecule has 4 nitrogen and oxygen atoms in total. The van der Waals surface area contributed by atoms with Crippen LogP contribution in [0.15, 0.2) is 24.3 Å². The molecule has 0 bridgehead atoms. The first-order chi connectivity index (χ1) is 9.24. The lowest BCUT2D eigenvalue weighted by Crippen LogP contribution is -2.11. The fourth-order valence-electron chi connectivity index (χ4n) is 1.63. The zero-order valence-corrected chi connectivity index (χ0v) is 11.6. The van der Waals surface area contributed by atoms with Gasteiger partial charge in [-0.15, -0.1) is 0 Å². The number of benzene rings is 1. The van der Waals surface area contributed by atoms with Crippen molar-refractivity contribution in [2.45, 2.75) is 32.6 Å². The van der Waals surface area contributed by atoms with Crippen LogP contribution >= 0.6 is 0 Å². The van der Waals surface area contributed by atoms with Gasteiger partial charge in [0, 0.05) is 12.3 Å². The maximum atomic E-state index is 11.6. The van der Waals surface area contributed by atoms with Crippen LogP contribution in [0.25, 0.3) is 0 Å². The van der Waals surface area contributed by atoms with Crippen molar-refractivity contribution < 1.29 is 14.3 Å². The van der Waals surface area contributed by atoms with Crippen LogP contribution in [0, 0.1) is 0 Å². The van der Waals surface area contributed by atoms with Crippen molar-refractivity contribution in [2.24, 2.45) is 0 Å². The highest BCUT2D eigenvalue weighted by atomic mass is 16.6. The minimum Gasteiger partial charge on any atom is -0.460 e. The molecule has 0 saturated carbocycles. The number of carbonyl (C=O) groups excluding carboxylic acids is 1. The summed E-state index contributed by atoms with van der Waals surface area (Å²) in [5.41, 5.74) is 6.69. The van der Waals surface area contributed by atoms with E-state index in [2.05, 4.69) is 6.92 Å². The monoisotopic (exact) mass is 265 g/mol. The molecule has 4 heteroatoms. The summed E-state index contributed by atoms with van der Waals surface area (Å²) in [4.78, 5) is 11.6. The van der Waals surface area contributed by atoms with Crippen molar-refractivity contribution in [3.8, 4) is 0 Å². The van der Waals surface area contributed by atoms with Crippen LogP contribution in [0.5, 0.6) is 0 Å². The number of ether oxygens (including phenoxy) is 2. The summed E-state index contributed by atoms with van der Waals surface area (Å²) in [5.74, 6) is -0.338. The molecule has 0 fully saturated rings. The molecule has 0 aliphatic heterocycles. The smallest absolute Gasteiger partial charge is 0.338 e. The summed E-state index contributed by atoms with van der Waals surface area (Å²) >= 11 is 0. The van der Waals surface area contributed by atoms with Gasteiger partial charge in [-0.05, 0) is 30.7 Å². The van der Waals surface area contributed by atoms with E-state index in [-0.39, 0.29) is 12.6 Å². The van der Waals surface area contributed by atoms with E-state index in [4.69, 9.17) is 15.2 Å². The molecule has 0 spiro atoms. The number of hydrogen-bond acceptors (Lipinski definition) is 4. The normalized spacial score (nSPS) is 10.4. The second-order valence-corrected chi connectivity index (χ2v) is 4.43. The Bertz CT molecular complexity index is 362. The van der Waals surface area contributed by atoms with Gasteiger partial charge < -0.3 is 15.2 Å². The van der Waals surface area contributed by atoms with E-state index in [1.807, 2.05) is 0 Å². The van der Waals surface area contributed by atoms with E-state index >= 15 is 0 Å². The number of esters is 1. The van der Waals surface area contributed by atoms with Crippen LogP contribution in [0.3, 0.4) is 0 Å². The highest BCUT2D eigenvalue weighted by molar-refractivity contribution is 5.89. The second kappa shape index (κ2) is 9.39. The number of anilines is 1. The highest BCUT2D eigenvalue weighted by Crippen LogP contribution is 2.06. The number of unbranched alkanes of at least 4 members (excludes halogenated alkanes) is 3. The number of carbonyl (C=O) groups is 1. The van der Waals surface area contributed by atoms with Gasteiger partial charge in [-0.3, -0.25) is 0 Å². The first-order valence-corrected chi connectivity index (χ1v) is 6.84. The van der Waals surface area contributed by atoms with E-state index in [9.17, 15) is 4.79 Å². The quantitative estimate of drug-likeness (QED) is 0.423. The molecule has 1 aromatic carbocycles. The Hall–Kier alpha value is -1.55. The topological polar surface area (TPSA) is 61.5 Å². The minimum absolute atomic E-state index is 0.289. The predicted molar refractivity (Wildman–Crippen MR) is 76.1 cm³/mol. The number of hydrogen-bond donors (Lipinski definition) is 1. The van der Waals surface area contributed by atoms with Gasteiger partial charge in [0.2, 0.25) is 0 Å². The SMILES string of the molecule is CCCCCCOCCOC(=O)c1ccc(N)cc1. The summed E-state index contributed by atoms with van der Waals surface area (Å²) in [6.07, 6.45) is 4.73. The van der Waals surface area contributed by atoms with E-state index < -0.39 is 0 Å². The zero-order valence-electron chi connectivity index (χ0n) is 11.6. The first kappa shape index (κ1) is 15.5. The van der Waals surface area contributed by atoms with Crippen molar-refractivity contribution in [1.29, 1.82) is 0 Å². The van der Waals surface area contributed by atoms with Gasteiger partial charge in [-0.2, -0.15) is 0 Å². The third kappa shape index (κ3) is 6.82. The largest absolute Gasteiger partial charge is 0.460 e. The van der Waals surface area contributed by atoms with E-state index in [0.29, 0.717) is 17.9 Å². The van der Waals surface area contributed by atoms with Crippen molar-refractivity contribution in [1.82, 2.24) is 0 Å². The maximum Gasteiger partial charge on any atom is 0.338 e. The van der Waals surface area contributed by atoms with Gasteiger partial charge in [0.1, 0.15) is 6.61 Å². The van der Waals surface area contributed by atoms with Gasteiger partial charge in [-0.1, -0.05) is 26.2 Å². The Balaban J connectivity index is 2.06. The second-order valence-electron chi connectivity index (χ2n) is 4.43. The Morgan fingerprint density at radius 2 is 1.79 bits per heavy atom. The molecule has 106 valence electrons. The standard InChI is InChI=1S/C15H23NO3/c1-2-3-4-5-10-18-11-12-19-15(17)13-6-8-14(16)9-7-13/h6-9H,2-5,10-12,16H2,1H3. The average Bonchev–Trinajstić information content (AvgIpc) is 2.42. The van der Waals surface area contributed by atoms with Crippen LogP contribution in [0.4, 0.5) is 5.69 Å². The Labute approximate surface area is 114 Å². The molecular weight excluding hydrogens is 242 g/mol. The van der Waals surface area contributed by atoms with Crippen molar-refractivity contribution in [3.05, 3.63) is 29.8 Å². The van der Waals surface area contributed by atoms with Gasteiger partial charge in [0.05, 0.1) is 12.2 Å². The van der Waals surface area contributed by atoms with Gasteiger partial charge in [0.15, 0.2) is 0 Å². The molecule has 0 heterocycles. The molecule has 0 aromatic heterocycles.